The van der Waals surface area contributed by atoms with Crippen molar-refractivity contribution in [3.63, 3.8) is 0 Å². The summed E-state index contributed by atoms with van der Waals surface area (Å²) >= 11 is 6.48. The average molecular weight is 373 g/mol. The Morgan fingerprint density at radius 2 is 1.92 bits per heavy atom. The molecule has 0 unspecified atom stereocenters. The first-order valence-electron chi connectivity index (χ1n) is 8.64. The molecule has 0 bridgehead atoms. The quantitative estimate of drug-likeness (QED) is 0.704. The number of halogens is 1. The fraction of sp³-hybridized carbons (Fsp3) is 0.350. The van der Waals surface area contributed by atoms with E-state index in [2.05, 4.69) is 10.6 Å². The van der Waals surface area contributed by atoms with Crippen molar-refractivity contribution in [3.8, 4) is 11.5 Å². The van der Waals surface area contributed by atoms with E-state index in [4.69, 9.17) is 16.3 Å². The number of hydrogen-bond acceptors (Lipinski definition) is 3. The van der Waals surface area contributed by atoms with Crippen molar-refractivity contribution in [3.05, 3.63) is 58.6 Å². The number of carbonyl (C=O) groups is 1. The van der Waals surface area contributed by atoms with Crippen molar-refractivity contribution >= 4 is 17.6 Å². The molecule has 1 fully saturated rings. The van der Waals surface area contributed by atoms with Crippen LogP contribution >= 0.6 is 11.6 Å². The van der Waals surface area contributed by atoms with E-state index in [-0.39, 0.29) is 17.7 Å². The number of carbonyl (C=O) groups excluding carboxylic acids is 1. The summed E-state index contributed by atoms with van der Waals surface area (Å²) in [5.74, 6) is 0.639. The Morgan fingerprint density at radius 3 is 2.65 bits per heavy atom. The summed E-state index contributed by atoms with van der Waals surface area (Å²) in [5.41, 5.74) is 0.652. The van der Waals surface area contributed by atoms with Crippen LogP contribution in [0.15, 0.2) is 42.5 Å². The van der Waals surface area contributed by atoms with Crippen LogP contribution in [0.4, 0.5) is 4.79 Å². The first kappa shape index (κ1) is 17.0. The van der Waals surface area contributed by atoms with E-state index in [9.17, 15) is 9.90 Å². The lowest BCUT2D eigenvalue weighted by Crippen LogP contribution is -2.69. The molecule has 1 spiro atoms. The lowest BCUT2D eigenvalue weighted by atomic mass is 9.77. The largest absolute Gasteiger partial charge is 0.508 e. The van der Waals surface area contributed by atoms with Crippen LogP contribution in [0.25, 0.3) is 0 Å². The van der Waals surface area contributed by atoms with Gasteiger partial charge in [-0.1, -0.05) is 35.9 Å². The van der Waals surface area contributed by atoms with Crippen LogP contribution in [-0.4, -0.2) is 22.4 Å². The Bertz CT molecular complexity index is 883. The number of phenols is 1. The monoisotopic (exact) mass is 372 g/mol. The molecule has 2 amide bonds. The van der Waals surface area contributed by atoms with Crippen LogP contribution in [0.1, 0.15) is 43.7 Å². The van der Waals surface area contributed by atoms with Gasteiger partial charge in [-0.25, -0.2) is 4.79 Å². The number of aromatic hydroxyl groups is 1. The molecule has 136 valence electrons. The predicted octanol–water partition coefficient (Wildman–Crippen LogP) is 4.14. The van der Waals surface area contributed by atoms with Crippen LogP contribution in [0.3, 0.4) is 0 Å². The van der Waals surface area contributed by atoms with Crippen LogP contribution in [0.2, 0.25) is 5.02 Å². The van der Waals surface area contributed by atoms with Crippen molar-refractivity contribution < 1.29 is 14.6 Å². The molecule has 0 saturated carbocycles. The summed E-state index contributed by atoms with van der Waals surface area (Å²) in [6.45, 7) is 3.94. The van der Waals surface area contributed by atoms with E-state index in [0.29, 0.717) is 23.6 Å². The summed E-state index contributed by atoms with van der Waals surface area (Å²) in [6, 6.07) is 12.6. The van der Waals surface area contributed by atoms with Crippen LogP contribution in [0, 0.1) is 0 Å². The molecule has 2 atom stereocenters. The molecular formula is C20H21ClN2O3. The highest BCUT2D eigenvalue weighted by Gasteiger charge is 2.49. The molecule has 5 nitrogen and oxygen atoms in total. The Hall–Kier alpha value is -2.40. The molecular weight excluding hydrogens is 352 g/mol. The van der Waals surface area contributed by atoms with Crippen molar-refractivity contribution in [1.29, 1.82) is 0 Å². The maximum atomic E-state index is 12.3. The van der Waals surface area contributed by atoms with Gasteiger partial charge in [-0.05, 0) is 31.5 Å². The minimum Gasteiger partial charge on any atom is -0.508 e. The molecule has 2 heterocycles. The average Bonchev–Trinajstić information content (AvgIpc) is 2.52. The molecule has 26 heavy (non-hydrogen) atoms. The molecule has 2 aromatic carbocycles. The second kappa shape index (κ2) is 5.81. The second-order valence-corrected chi connectivity index (χ2v) is 8.14. The SMILES string of the molecule is CC1(C)C[C@@]2(C[C@H](c3ccccc3Cl)c3ccc(O)cc3O2)NC(=O)N1. The van der Waals surface area contributed by atoms with Gasteiger partial charge in [-0.2, -0.15) is 0 Å². The number of fused-ring (bicyclic) bond motifs is 1. The topological polar surface area (TPSA) is 70.6 Å². The van der Waals surface area contributed by atoms with E-state index >= 15 is 0 Å². The zero-order chi connectivity index (χ0) is 18.5. The molecule has 6 heteroatoms. The third-order valence-electron chi connectivity index (χ3n) is 5.01. The molecule has 4 rings (SSSR count). The van der Waals surface area contributed by atoms with Gasteiger partial charge in [0.25, 0.3) is 0 Å². The van der Waals surface area contributed by atoms with Gasteiger partial charge in [0.15, 0.2) is 5.72 Å². The van der Waals surface area contributed by atoms with Gasteiger partial charge in [0.1, 0.15) is 11.5 Å². The highest BCUT2D eigenvalue weighted by molar-refractivity contribution is 6.31. The summed E-state index contributed by atoms with van der Waals surface area (Å²) in [4.78, 5) is 12.3. The van der Waals surface area contributed by atoms with Gasteiger partial charge >= 0.3 is 6.03 Å². The lowest BCUT2D eigenvalue weighted by molar-refractivity contribution is -0.0235. The zero-order valence-corrected chi connectivity index (χ0v) is 15.4. The van der Waals surface area contributed by atoms with E-state index in [1.807, 2.05) is 44.2 Å². The molecule has 2 aromatic rings. The van der Waals surface area contributed by atoms with Gasteiger partial charge in [0, 0.05) is 41.0 Å². The van der Waals surface area contributed by atoms with Gasteiger partial charge < -0.3 is 20.5 Å². The highest BCUT2D eigenvalue weighted by Crippen LogP contribution is 2.48. The first-order chi connectivity index (χ1) is 12.3. The highest BCUT2D eigenvalue weighted by atomic mass is 35.5. The van der Waals surface area contributed by atoms with Crippen molar-refractivity contribution in [1.82, 2.24) is 10.6 Å². The van der Waals surface area contributed by atoms with E-state index < -0.39 is 11.3 Å². The number of benzene rings is 2. The minimum absolute atomic E-state index is 0.0535. The molecule has 0 aromatic heterocycles. The van der Waals surface area contributed by atoms with E-state index in [0.717, 1.165) is 11.1 Å². The van der Waals surface area contributed by atoms with Crippen molar-refractivity contribution in [2.45, 2.75) is 43.9 Å². The Labute approximate surface area is 157 Å². The standard InChI is InChI=1S/C20H21ClN2O3/c1-19(2)11-20(23-18(25)22-19)10-15(13-5-3-4-6-16(13)21)14-8-7-12(24)9-17(14)26-20/h3-9,15,24H,10-11H2,1-2H3,(H2,22,23,25)/t15-,20+/m1/s1. The Kier molecular flexibility index (Phi) is 3.81. The van der Waals surface area contributed by atoms with Gasteiger partial charge in [0.05, 0.1) is 0 Å². The smallest absolute Gasteiger partial charge is 0.318 e. The Balaban J connectivity index is 1.84. The van der Waals surface area contributed by atoms with Crippen molar-refractivity contribution in [2.24, 2.45) is 0 Å². The molecule has 0 aliphatic carbocycles. The van der Waals surface area contributed by atoms with Crippen LogP contribution in [0.5, 0.6) is 11.5 Å². The zero-order valence-electron chi connectivity index (χ0n) is 14.7. The number of hydrogen-bond donors (Lipinski definition) is 3. The van der Waals surface area contributed by atoms with Crippen LogP contribution < -0.4 is 15.4 Å². The predicted molar refractivity (Wildman–Crippen MR) is 99.7 cm³/mol. The summed E-state index contributed by atoms with van der Waals surface area (Å²) in [7, 11) is 0. The fourth-order valence-electron chi connectivity index (χ4n) is 4.16. The Morgan fingerprint density at radius 1 is 1.15 bits per heavy atom. The summed E-state index contributed by atoms with van der Waals surface area (Å²) < 4.78 is 6.26. The molecule has 2 aliphatic rings. The van der Waals surface area contributed by atoms with Crippen LogP contribution in [-0.2, 0) is 0 Å². The van der Waals surface area contributed by atoms with Crippen molar-refractivity contribution in [2.75, 3.05) is 0 Å². The normalized spacial score (nSPS) is 26.4. The maximum absolute atomic E-state index is 12.3. The van der Waals surface area contributed by atoms with Gasteiger partial charge in [-0.15, -0.1) is 0 Å². The van der Waals surface area contributed by atoms with E-state index in [1.165, 1.54) is 0 Å². The maximum Gasteiger partial charge on any atom is 0.318 e. The minimum atomic E-state index is -0.865. The number of nitrogens with one attached hydrogen (secondary N) is 2. The third-order valence-corrected chi connectivity index (χ3v) is 5.36. The number of rotatable bonds is 1. The second-order valence-electron chi connectivity index (χ2n) is 7.74. The molecule has 0 radical (unpaired) electrons. The number of urea groups is 1. The van der Waals surface area contributed by atoms with E-state index in [1.54, 1.807) is 12.1 Å². The number of phenolic OH excluding ortho intramolecular Hbond substituents is 1. The van der Waals surface area contributed by atoms with Gasteiger partial charge in [0.2, 0.25) is 0 Å². The summed E-state index contributed by atoms with van der Waals surface area (Å²) in [6.07, 6.45) is 1.15. The fourth-order valence-corrected chi connectivity index (χ4v) is 4.43. The number of amides is 2. The molecule has 3 N–H and O–H groups in total. The van der Waals surface area contributed by atoms with Gasteiger partial charge in [-0.3, -0.25) is 0 Å². The molecule has 2 aliphatic heterocycles. The first-order valence-corrected chi connectivity index (χ1v) is 9.01. The lowest BCUT2D eigenvalue weighted by Gasteiger charge is -2.49. The third kappa shape index (κ3) is 2.97. The molecule has 1 saturated heterocycles. The summed E-state index contributed by atoms with van der Waals surface area (Å²) in [5, 5.41) is 16.5. The number of ether oxygens (including phenoxy) is 1.